The van der Waals surface area contributed by atoms with Crippen LogP contribution in [0, 0.1) is 5.92 Å². The van der Waals surface area contributed by atoms with Crippen LogP contribution in [0.3, 0.4) is 0 Å². The van der Waals surface area contributed by atoms with Gasteiger partial charge in [-0.05, 0) is 55.9 Å². The molecule has 0 aromatic heterocycles. The third kappa shape index (κ3) is 5.51. The lowest BCUT2D eigenvalue weighted by atomic mass is 10.0. The molecule has 2 fully saturated rings. The minimum Gasteiger partial charge on any atom is -0.215 e. The van der Waals surface area contributed by atoms with Gasteiger partial charge in [0.25, 0.3) is 0 Å². The first-order valence-corrected chi connectivity index (χ1v) is 13.9. The number of hydrogen-bond acceptors (Lipinski definition) is 6. The van der Waals surface area contributed by atoms with Crippen LogP contribution in [0.5, 0.6) is 0 Å². The SMILES string of the molecule is CS(=O)(=O)NCC1CCCN(S(=O)(=O)c2ccc(S(=O)(=O)NC3CC3)cc2)C1. The summed E-state index contributed by atoms with van der Waals surface area (Å²) in [6, 6.07) is 5.16. The van der Waals surface area contributed by atoms with Crippen molar-refractivity contribution in [2.75, 3.05) is 25.9 Å². The van der Waals surface area contributed by atoms with Crippen LogP contribution in [-0.2, 0) is 30.1 Å². The van der Waals surface area contributed by atoms with Gasteiger partial charge in [0.2, 0.25) is 30.1 Å². The highest BCUT2D eigenvalue weighted by Gasteiger charge is 2.31. The molecule has 1 heterocycles. The Morgan fingerprint density at radius 2 is 1.57 bits per heavy atom. The molecule has 1 aromatic carbocycles. The molecule has 1 atom stereocenters. The first kappa shape index (κ1) is 21.7. The number of rotatable bonds is 8. The Hall–Kier alpha value is -1.05. The fourth-order valence-corrected chi connectivity index (χ4v) is 6.51. The number of benzene rings is 1. The van der Waals surface area contributed by atoms with Crippen molar-refractivity contribution in [3.05, 3.63) is 24.3 Å². The summed E-state index contributed by atoms with van der Waals surface area (Å²) in [7, 11) is -10.8. The van der Waals surface area contributed by atoms with Gasteiger partial charge in [0, 0.05) is 25.7 Å². The molecule has 1 unspecified atom stereocenters. The van der Waals surface area contributed by atoms with Crippen molar-refractivity contribution in [3.63, 3.8) is 0 Å². The Kier molecular flexibility index (Phi) is 6.18. The van der Waals surface area contributed by atoms with Gasteiger partial charge in [-0.15, -0.1) is 0 Å². The van der Waals surface area contributed by atoms with E-state index in [0.717, 1.165) is 25.5 Å². The van der Waals surface area contributed by atoms with Crippen LogP contribution in [-0.4, -0.2) is 61.5 Å². The predicted molar refractivity (Wildman–Crippen MR) is 104 cm³/mol. The van der Waals surface area contributed by atoms with Gasteiger partial charge in [-0.1, -0.05) is 0 Å². The third-order valence-electron chi connectivity index (χ3n) is 4.79. The molecule has 2 N–H and O–H groups in total. The second kappa shape index (κ2) is 8.00. The van der Waals surface area contributed by atoms with Crippen molar-refractivity contribution in [2.24, 2.45) is 5.92 Å². The van der Waals surface area contributed by atoms with Crippen molar-refractivity contribution < 1.29 is 25.3 Å². The van der Waals surface area contributed by atoms with Gasteiger partial charge in [-0.2, -0.15) is 4.31 Å². The van der Waals surface area contributed by atoms with Crippen LogP contribution in [0.15, 0.2) is 34.1 Å². The van der Waals surface area contributed by atoms with E-state index in [4.69, 9.17) is 0 Å². The monoisotopic (exact) mass is 451 g/mol. The molecule has 2 aliphatic rings. The van der Waals surface area contributed by atoms with E-state index < -0.39 is 30.1 Å². The van der Waals surface area contributed by atoms with E-state index >= 15 is 0 Å². The number of nitrogens with zero attached hydrogens (tertiary/aromatic N) is 1. The molecule has 1 aromatic rings. The summed E-state index contributed by atoms with van der Waals surface area (Å²) in [6.07, 6.45) is 4.07. The molecule has 0 radical (unpaired) electrons. The quantitative estimate of drug-likeness (QED) is 0.576. The van der Waals surface area contributed by atoms with Gasteiger partial charge in [-0.3, -0.25) is 0 Å². The molecule has 1 saturated heterocycles. The molecule has 0 spiro atoms. The molecule has 158 valence electrons. The number of hydrogen-bond donors (Lipinski definition) is 2. The highest BCUT2D eigenvalue weighted by Crippen LogP contribution is 2.26. The molecule has 0 bridgehead atoms. The van der Waals surface area contributed by atoms with Crippen molar-refractivity contribution >= 4 is 30.1 Å². The van der Waals surface area contributed by atoms with Gasteiger partial charge in [0.05, 0.1) is 16.0 Å². The lowest BCUT2D eigenvalue weighted by Gasteiger charge is -2.31. The number of nitrogens with one attached hydrogen (secondary N) is 2. The van der Waals surface area contributed by atoms with Gasteiger partial charge in [0.15, 0.2) is 0 Å². The average Bonchev–Trinajstić information content (AvgIpc) is 3.43. The molecule has 9 nitrogen and oxygen atoms in total. The maximum Gasteiger partial charge on any atom is 0.243 e. The standard InChI is InChI=1S/C16H25N3O6S3/c1-26(20,21)17-11-13-3-2-10-19(12-13)28(24,25)16-8-6-15(7-9-16)27(22,23)18-14-4-5-14/h6-9,13-14,17-18H,2-5,10-12H2,1H3. The Morgan fingerprint density at radius 3 is 2.14 bits per heavy atom. The summed E-state index contributed by atoms with van der Waals surface area (Å²) >= 11 is 0. The summed E-state index contributed by atoms with van der Waals surface area (Å²) in [5.74, 6) is -0.111. The van der Waals surface area contributed by atoms with Gasteiger partial charge in [-0.25, -0.2) is 34.7 Å². The highest BCUT2D eigenvalue weighted by atomic mass is 32.2. The first-order valence-electron chi connectivity index (χ1n) is 9.04. The Morgan fingerprint density at radius 1 is 0.964 bits per heavy atom. The van der Waals surface area contributed by atoms with E-state index in [-0.39, 0.29) is 34.8 Å². The zero-order chi connectivity index (χ0) is 20.6. The smallest absolute Gasteiger partial charge is 0.215 e. The first-order chi connectivity index (χ1) is 13.0. The summed E-state index contributed by atoms with van der Waals surface area (Å²) in [4.78, 5) is 0.0572. The molecule has 1 aliphatic carbocycles. The molecular formula is C16H25N3O6S3. The van der Waals surface area contributed by atoms with E-state index in [9.17, 15) is 25.3 Å². The van der Waals surface area contributed by atoms with Crippen LogP contribution < -0.4 is 9.44 Å². The van der Waals surface area contributed by atoms with E-state index in [1.165, 1.54) is 28.6 Å². The normalized spacial score (nSPS) is 22.2. The van der Waals surface area contributed by atoms with Crippen molar-refractivity contribution in [2.45, 2.75) is 41.5 Å². The Labute approximate surface area is 166 Å². The van der Waals surface area contributed by atoms with Gasteiger partial charge < -0.3 is 0 Å². The van der Waals surface area contributed by atoms with Gasteiger partial charge in [0.1, 0.15) is 0 Å². The topological polar surface area (TPSA) is 130 Å². The lowest BCUT2D eigenvalue weighted by Crippen LogP contribution is -2.43. The lowest BCUT2D eigenvalue weighted by molar-refractivity contribution is 0.267. The Balaban J connectivity index is 1.71. The molecule has 3 rings (SSSR count). The maximum atomic E-state index is 12.9. The molecule has 1 aliphatic heterocycles. The van der Waals surface area contributed by atoms with Crippen LogP contribution in [0.4, 0.5) is 0 Å². The third-order valence-corrected chi connectivity index (χ3v) is 8.89. The van der Waals surface area contributed by atoms with Crippen LogP contribution in [0.1, 0.15) is 25.7 Å². The average molecular weight is 452 g/mol. The van der Waals surface area contributed by atoms with Crippen molar-refractivity contribution in [3.8, 4) is 0 Å². The van der Waals surface area contributed by atoms with Gasteiger partial charge >= 0.3 is 0 Å². The molecule has 12 heteroatoms. The minimum atomic E-state index is -3.78. The summed E-state index contributed by atoms with van der Waals surface area (Å²) in [5.41, 5.74) is 0. The second-order valence-corrected chi connectivity index (χ2v) is 12.8. The Bertz CT molecular complexity index is 1020. The summed E-state index contributed by atoms with van der Waals surface area (Å²) in [6.45, 7) is 0.754. The largest absolute Gasteiger partial charge is 0.243 e. The van der Waals surface area contributed by atoms with Crippen LogP contribution >= 0.6 is 0 Å². The maximum absolute atomic E-state index is 12.9. The van der Waals surface area contributed by atoms with Crippen molar-refractivity contribution in [1.29, 1.82) is 0 Å². The number of sulfonamides is 3. The molecule has 28 heavy (non-hydrogen) atoms. The van der Waals surface area contributed by atoms with E-state index in [2.05, 4.69) is 9.44 Å². The fourth-order valence-electron chi connectivity index (χ4n) is 3.11. The zero-order valence-electron chi connectivity index (χ0n) is 15.5. The van der Waals surface area contributed by atoms with Crippen LogP contribution in [0.2, 0.25) is 0 Å². The van der Waals surface area contributed by atoms with Crippen molar-refractivity contribution in [1.82, 2.24) is 13.7 Å². The number of piperidine rings is 1. The van der Waals surface area contributed by atoms with E-state index in [0.29, 0.717) is 13.0 Å². The summed E-state index contributed by atoms with van der Waals surface area (Å²) < 4.78 is 79.1. The van der Waals surface area contributed by atoms with E-state index in [1.807, 2.05) is 0 Å². The zero-order valence-corrected chi connectivity index (χ0v) is 18.0. The van der Waals surface area contributed by atoms with Crippen LogP contribution in [0.25, 0.3) is 0 Å². The fraction of sp³-hybridized carbons (Fsp3) is 0.625. The summed E-state index contributed by atoms with van der Waals surface area (Å²) in [5, 5.41) is 0. The molecular weight excluding hydrogens is 426 g/mol. The highest BCUT2D eigenvalue weighted by molar-refractivity contribution is 7.90. The molecule has 0 amide bonds. The predicted octanol–water partition coefficient (Wildman–Crippen LogP) is 0.0772. The minimum absolute atomic E-state index is 0.0228. The second-order valence-electron chi connectivity index (χ2n) is 7.36. The van der Waals surface area contributed by atoms with E-state index in [1.54, 1.807) is 0 Å². The molecule has 1 saturated carbocycles.